The predicted octanol–water partition coefficient (Wildman–Crippen LogP) is 1.43. The molecule has 0 aliphatic heterocycles. The molecule has 0 saturated carbocycles. The van der Waals surface area contributed by atoms with Crippen molar-refractivity contribution in [2.75, 3.05) is 6.61 Å². The van der Waals surface area contributed by atoms with E-state index in [2.05, 4.69) is 4.79 Å². The number of carbonyl (C=O) groups is 1. The van der Waals surface area contributed by atoms with Gasteiger partial charge >= 0.3 is 11.0 Å². The van der Waals surface area contributed by atoms with Crippen molar-refractivity contribution in [2.45, 2.75) is 24.7 Å². The van der Waals surface area contributed by atoms with Gasteiger partial charge in [-0.3, -0.25) is 0 Å². The lowest BCUT2D eigenvalue weighted by Gasteiger charge is -2.01. The molecule has 0 saturated heterocycles. The Balaban J connectivity index is 2.99. The third-order valence-corrected chi connectivity index (χ3v) is 3.95. The number of hydrogen-bond acceptors (Lipinski definition) is 4. The molecule has 0 N–H and O–H groups in total. The van der Waals surface area contributed by atoms with Gasteiger partial charge in [-0.15, -0.1) is 4.79 Å². The summed E-state index contributed by atoms with van der Waals surface area (Å²) >= 11 is 0. The Hall–Kier alpha value is -1.98. The minimum atomic E-state index is -4.16. The van der Waals surface area contributed by atoms with Crippen LogP contribution in [0.5, 0.6) is 0 Å². The summed E-state index contributed by atoms with van der Waals surface area (Å²) < 4.78 is 28.8. The number of ether oxygens (including phenoxy) is 1. The molecule has 0 atom stereocenters. The molecule has 0 radical (unpaired) electrons. The van der Waals surface area contributed by atoms with Gasteiger partial charge in [-0.05, 0) is 18.6 Å². The average Bonchev–Trinajstić information content (AvgIpc) is 2.40. The second-order valence-electron chi connectivity index (χ2n) is 3.71. The fraction of sp³-hybridized carbons (Fsp3) is 0.333. The van der Waals surface area contributed by atoms with Gasteiger partial charge in [-0.25, -0.2) is 13.2 Å². The van der Waals surface area contributed by atoms with Gasteiger partial charge in [0.1, 0.15) is 0 Å². The Morgan fingerprint density at radius 3 is 2.47 bits per heavy atom. The van der Waals surface area contributed by atoms with Crippen molar-refractivity contribution < 1.29 is 22.7 Å². The number of esters is 1. The zero-order valence-electron chi connectivity index (χ0n) is 10.4. The molecule has 1 aromatic rings. The van der Waals surface area contributed by atoms with Crippen molar-refractivity contribution in [1.82, 2.24) is 0 Å². The minimum Gasteiger partial charge on any atom is -0.456 e. The Morgan fingerprint density at radius 2 is 1.95 bits per heavy atom. The van der Waals surface area contributed by atoms with Gasteiger partial charge in [-0.2, -0.15) is 0 Å². The highest BCUT2D eigenvalue weighted by molar-refractivity contribution is 8.08. The normalized spacial score (nSPS) is 10.6. The van der Waals surface area contributed by atoms with Crippen molar-refractivity contribution in [1.29, 1.82) is 0 Å². The number of hydrogen-bond donors (Lipinski definition) is 0. The van der Waals surface area contributed by atoms with E-state index in [0.29, 0.717) is 6.42 Å². The molecular formula is C12H14N2O4S. The lowest BCUT2D eigenvalue weighted by molar-refractivity contribution is -0.139. The van der Waals surface area contributed by atoms with Crippen molar-refractivity contribution >= 4 is 20.9 Å². The summed E-state index contributed by atoms with van der Waals surface area (Å²) in [7, 11) is -4.16. The van der Waals surface area contributed by atoms with E-state index in [1.807, 2.05) is 6.92 Å². The molecule has 0 amide bonds. The molecule has 1 rings (SSSR count). The monoisotopic (exact) mass is 282 g/mol. The van der Waals surface area contributed by atoms with Crippen LogP contribution in [0.2, 0.25) is 0 Å². The Morgan fingerprint density at radius 1 is 1.32 bits per heavy atom. The summed E-state index contributed by atoms with van der Waals surface area (Å²) in [6, 6.07) is 7.25. The molecule has 1 aromatic carbocycles. The molecule has 0 bridgehead atoms. The van der Waals surface area contributed by atoms with Crippen LogP contribution in [0, 0.1) is 0 Å². The van der Waals surface area contributed by atoms with Crippen LogP contribution in [-0.4, -0.2) is 30.8 Å². The Labute approximate surface area is 111 Å². The topological polar surface area (TPSA) is 96.8 Å². The van der Waals surface area contributed by atoms with E-state index in [-0.39, 0.29) is 11.5 Å². The minimum absolute atomic E-state index is 0.0820. The Bertz CT molecular complexity index is 589. The Kier molecular flexibility index (Phi) is 5.41. The summed E-state index contributed by atoms with van der Waals surface area (Å²) in [4.78, 5) is 14.0. The maximum atomic E-state index is 12.0. The van der Waals surface area contributed by atoms with Crippen LogP contribution in [0.25, 0.3) is 5.53 Å². The highest BCUT2D eigenvalue weighted by Crippen LogP contribution is 2.11. The van der Waals surface area contributed by atoms with Crippen LogP contribution in [0.15, 0.2) is 35.2 Å². The van der Waals surface area contributed by atoms with Gasteiger partial charge in [0.2, 0.25) is 0 Å². The standard InChI is InChI=1S/C12H14N2O4S/c1-2-3-9-18-12(15)11(14-13)19(16,17)10-7-5-4-6-8-10/h4-8H,2-3,9H2,1H3. The van der Waals surface area contributed by atoms with E-state index < -0.39 is 20.9 Å². The molecule has 0 spiro atoms. The number of unbranched alkanes of at least 4 members (excludes halogenated alkanes) is 1. The SMILES string of the molecule is CCCCOC(=O)C(=[N+]=[N-])S(=O)(=O)c1ccccc1. The summed E-state index contributed by atoms with van der Waals surface area (Å²) in [6.45, 7) is 1.98. The lowest BCUT2D eigenvalue weighted by atomic mass is 10.4. The van der Waals surface area contributed by atoms with Gasteiger partial charge in [0.05, 0.1) is 11.5 Å². The highest BCUT2D eigenvalue weighted by Gasteiger charge is 2.39. The third kappa shape index (κ3) is 3.74. The smallest absolute Gasteiger partial charge is 0.456 e. The van der Waals surface area contributed by atoms with Gasteiger partial charge in [0, 0.05) is 0 Å². The summed E-state index contributed by atoms with van der Waals surface area (Å²) in [5.41, 5.74) is 8.76. The number of sulfone groups is 1. The van der Waals surface area contributed by atoms with Gasteiger partial charge in [0.15, 0.2) is 0 Å². The fourth-order valence-corrected chi connectivity index (χ4v) is 2.41. The van der Waals surface area contributed by atoms with Gasteiger partial charge in [-0.1, -0.05) is 31.5 Å². The van der Waals surface area contributed by atoms with Crippen LogP contribution >= 0.6 is 0 Å². The van der Waals surface area contributed by atoms with Crippen LogP contribution in [-0.2, 0) is 19.4 Å². The van der Waals surface area contributed by atoms with Crippen LogP contribution in [0.3, 0.4) is 0 Å². The molecule has 0 unspecified atom stereocenters. The quantitative estimate of drug-likeness (QED) is 0.208. The number of rotatable bonds is 4. The van der Waals surface area contributed by atoms with Crippen molar-refractivity contribution in [2.24, 2.45) is 0 Å². The van der Waals surface area contributed by atoms with Gasteiger partial charge in [0.25, 0.3) is 9.84 Å². The molecule has 102 valence electrons. The van der Waals surface area contributed by atoms with Crippen molar-refractivity contribution in [3.63, 3.8) is 0 Å². The second-order valence-corrected chi connectivity index (χ2v) is 5.58. The zero-order valence-corrected chi connectivity index (χ0v) is 11.3. The maximum absolute atomic E-state index is 12.0. The summed E-state index contributed by atoms with van der Waals surface area (Å²) in [5.74, 6) is -1.15. The summed E-state index contributed by atoms with van der Waals surface area (Å²) in [5, 5.41) is -1.00. The van der Waals surface area contributed by atoms with Crippen LogP contribution in [0.1, 0.15) is 19.8 Å². The van der Waals surface area contributed by atoms with E-state index >= 15 is 0 Å². The zero-order chi connectivity index (χ0) is 14.3. The van der Waals surface area contributed by atoms with Crippen molar-refractivity contribution in [3.8, 4) is 0 Å². The average molecular weight is 282 g/mol. The number of carbonyl (C=O) groups excluding carboxylic acids is 1. The largest absolute Gasteiger partial charge is 0.493 e. The molecule has 0 fully saturated rings. The second kappa shape index (κ2) is 6.82. The molecule has 0 heterocycles. The maximum Gasteiger partial charge on any atom is 0.493 e. The van der Waals surface area contributed by atoms with E-state index in [0.717, 1.165) is 6.42 Å². The lowest BCUT2D eigenvalue weighted by Crippen LogP contribution is -2.28. The molecule has 7 heteroatoms. The van der Waals surface area contributed by atoms with Crippen LogP contribution in [0.4, 0.5) is 0 Å². The van der Waals surface area contributed by atoms with E-state index in [4.69, 9.17) is 10.3 Å². The van der Waals surface area contributed by atoms with E-state index in [1.54, 1.807) is 6.07 Å². The van der Waals surface area contributed by atoms with Gasteiger partial charge < -0.3 is 10.3 Å². The first kappa shape index (κ1) is 15.1. The molecule has 19 heavy (non-hydrogen) atoms. The first-order valence-corrected chi connectivity index (χ1v) is 7.21. The van der Waals surface area contributed by atoms with E-state index in [9.17, 15) is 13.2 Å². The first-order valence-electron chi connectivity index (χ1n) is 5.73. The molecule has 0 aliphatic rings. The first-order chi connectivity index (χ1) is 9.04. The highest BCUT2D eigenvalue weighted by atomic mass is 32.2. The molecule has 0 aromatic heterocycles. The number of nitrogens with zero attached hydrogens (tertiary/aromatic N) is 2. The number of benzene rings is 1. The third-order valence-electron chi connectivity index (χ3n) is 2.30. The van der Waals surface area contributed by atoms with Crippen LogP contribution < -0.4 is 0 Å². The predicted molar refractivity (Wildman–Crippen MR) is 68.1 cm³/mol. The molecule has 6 nitrogen and oxygen atoms in total. The molecule has 0 aliphatic carbocycles. The fourth-order valence-electron chi connectivity index (χ4n) is 1.29. The van der Waals surface area contributed by atoms with Crippen molar-refractivity contribution in [3.05, 3.63) is 35.9 Å². The summed E-state index contributed by atoms with van der Waals surface area (Å²) in [6.07, 6.45) is 1.40. The molecular weight excluding hydrogens is 268 g/mol. The van der Waals surface area contributed by atoms with E-state index in [1.165, 1.54) is 24.3 Å².